The number of hydrogen-bond donors (Lipinski definition) is 0. The Balaban J connectivity index is 2.94. The smallest absolute Gasteiger partial charge is 0.306 e. The van der Waals surface area contributed by atoms with E-state index in [0.717, 1.165) is 0 Å². The molecule has 5 heteroatoms. The lowest BCUT2D eigenvalue weighted by molar-refractivity contribution is -0.386. The number of carbonyl (C=O) groups is 1. The summed E-state index contributed by atoms with van der Waals surface area (Å²) >= 11 is 0. The molecular weight excluding hydrogens is 210 g/mol. The summed E-state index contributed by atoms with van der Waals surface area (Å²) in [5.74, 6) is -0.370. The first kappa shape index (κ1) is 12.2. The van der Waals surface area contributed by atoms with Gasteiger partial charge in [0.2, 0.25) is 0 Å². The van der Waals surface area contributed by atoms with Crippen molar-refractivity contribution in [3.63, 3.8) is 0 Å². The molecule has 1 rings (SSSR count). The number of benzene rings is 1. The van der Waals surface area contributed by atoms with Crippen LogP contribution in [-0.2, 0) is 9.53 Å². The molecule has 0 amide bonds. The van der Waals surface area contributed by atoms with Gasteiger partial charge in [-0.15, -0.1) is 0 Å². The molecule has 0 saturated heterocycles. The van der Waals surface area contributed by atoms with Gasteiger partial charge >= 0.3 is 5.97 Å². The number of carbonyl (C=O) groups excluding carboxylic acids is 1. The number of nitrogens with zero attached hydrogens (tertiary/aromatic N) is 1. The Morgan fingerprint density at radius 3 is 2.69 bits per heavy atom. The van der Waals surface area contributed by atoms with Crippen LogP contribution in [0.1, 0.15) is 31.9 Å². The number of ether oxygens (including phenoxy) is 1. The second-order valence-electron chi connectivity index (χ2n) is 3.30. The maximum atomic E-state index is 11.1. The molecule has 16 heavy (non-hydrogen) atoms. The van der Waals surface area contributed by atoms with Gasteiger partial charge in [0.25, 0.3) is 5.69 Å². The Labute approximate surface area is 93.2 Å². The number of rotatable bonds is 4. The Morgan fingerprint density at radius 2 is 2.12 bits per heavy atom. The van der Waals surface area contributed by atoms with Gasteiger partial charge < -0.3 is 4.74 Å². The molecule has 0 bridgehead atoms. The van der Waals surface area contributed by atoms with Crippen LogP contribution in [0.25, 0.3) is 0 Å². The van der Waals surface area contributed by atoms with Crippen LogP contribution in [0.5, 0.6) is 0 Å². The highest BCUT2D eigenvalue weighted by atomic mass is 16.6. The molecule has 0 spiro atoms. The van der Waals surface area contributed by atoms with Crippen molar-refractivity contribution in [2.24, 2.45) is 0 Å². The highest BCUT2D eigenvalue weighted by molar-refractivity contribution is 5.69. The molecule has 1 aromatic carbocycles. The molecular formula is C11H13NO4. The average molecular weight is 223 g/mol. The van der Waals surface area contributed by atoms with Crippen molar-refractivity contribution in [2.45, 2.75) is 26.4 Å². The van der Waals surface area contributed by atoms with Crippen LogP contribution < -0.4 is 0 Å². The molecule has 1 atom stereocenters. The fraction of sp³-hybridized carbons (Fsp3) is 0.364. The van der Waals surface area contributed by atoms with Crippen molar-refractivity contribution in [1.29, 1.82) is 0 Å². The minimum Gasteiger partial charge on any atom is -0.458 e. The molecule has 0 N–H and O–H groups in total. The third kappa shape index (κ3) is 2.79. The predicted molar refractivity (Wildman–Crippen MR) is 57.9 cm³/mol. The van der Waals surface area contributed by atoms with E-state index in [1.165, 1.54) is 6.07 Å². The Morgan fingerprint density at radius 1 is 1.50 bits per heavy atom. The average Bonchev–Trinajstić information content (AvgIpc) is 2.28. The fourth-order valence-electron chi connectivity index (χ4n) is 1.34. The summed E-state index contributed by atoms with van der Waals surface area (Å²) in [6, 6.07) is 6.24. The van der Waals surface area contributed by atoms with Gasteiger partial charge in [0.1, 0.15) is 6.10 Å². The topological polar surface area (TPSA) is 69.4 Å². The lowest BCUT2D eigenvalue weighted by atomic mass is 10.1. The summed E-state index contributed by atoms with van der Waals surface area (Å²) in [5, 5.41) is 10.7. The number of para-hydroxylation sites is 1. The van der Waals surface area contributed by atoms with Gasteiger partial charge in [-0.05, 0) is 13.0 Å². The maximum absolute atomic E-state index is 11.1. The molecule has 0 radical (unpaired) electrons. The lowest BCUT2D eigenvalue weighted by Gasteiger charge is -2.12. The second-order valence-corrected chi connectivity index (χ2v) is 3.30. The first-order valence-electron chi connectivity index (χ1n) is 4.99. The molecule has 0 saturated carbocycles. The quantitative estimate of drug-likeness (QED) is 0.447. The summed E-state index contributed by atoms with van der Waals surface area (Å²) in [6.07, 6.45) is -0.348. The monoisotopic (exact) mass is 223 g/mol. The third-order valence-electron chi connectivity index (χ3n) is 2.17. The first-order chi connectivity index (χ1) is 7.56. The second kappa shape index (κ2) is 5.25. The standard InChI is InChI=1S/C11H13NO4/c1-3-11(13)16-8(2)9-6-4-5-7-10(9)12(14)15/h4-8H,3H2,1-2H3. The SMILES string of the molecule is CCC(=O)OC(C)c1ccccc1[N+](=O)[O-]. The van der Waals surface area contributed by atoms with E-state index in [-0.39, 0.29) is 18.1 Å². The molecule has 0 aliphatic carbocycles. The number of nitro groups is 1. The lowest BCUT2D eigenvalue weighted by Crippen LogP contribution is -2.09. The zero-order valence-electron chi connectivity index (χ0n) is 9.17. The van der Waals surface area contributed by atoms with Gasteiger partial charge in [-0.25, -0.2) is 0 Å². The number of hydrogen-bond acceptors (Lipinski definition) is 4. The van der Waals surface area contributed by atoms with E-state index < -0.39 is 11.0 Å². The van der Waals surface area contributed by atoms with E-state index in [1.54, 1.807) is 32.0 Å². The molecule has 0 fully saturated rings. The van der Waals surface area contributed by atoms with Crippen LogP contribution in [-0.4, -0.2) is 10.9 Å². The van der Waals surface area contributed by atoms with E-state index in [0.29, 0.717) is 5.56 Å². The predicted octanol–water partition coefficient (Wildman–Crippen LogP) is 2.61. The van der Waals surface area contributed by atoms with Crippen LogP contribution in [0.2, 0.25) is 0 Å². The molecule has 0 aromatic heterocycles. The summed E-state index contributed by atoms with van der Waals surface area (Å²) in [4.78, 5) is 21.4. The summed E-state index contributed by atoms with van der Waals surface area (Å²) in [6.45, 7) is 3.30. The van der Waals surface area contributed by atoms with E-state index in [4.69, 9.17) is 4.74 Å². The van der Waals surface area contributed by atoms with E-state index in [1.807, 2.05) is 0 Å². The summed E-state index contributed by atoms with van der Waals surface area (Å²) in [5.41, 5.74) is 0.383. The van der Waals surface area contributed by atoms with E-state index in [2.05, 4.69) is 0 Å². The van der Waals surface area contributed by atoms with Crippen molar-refractivity contribution in [1.82, 2.24) is 0 Å². The van der Waals surface area contributed by atoms with Crippen LogP contribution in [0.3, 0.4) is 0 Å². The largest absolute Gasteiger partial charge is 0.458 e. The fourth-order valence-corrected chi connectivity index (χ4v) is 1.34. The van der Waals surface area contributed by atoms with Gasteiger partial charge in [-0.2, -0.15) is 0 Å². The van der Waals surface area contributed by atoms with Gasteiger partial charge in [0.05, 0.1) is 10.5 Å². The number of esters is 1. The van der Waals surface area contributed by atoms with Crippen molar-refractivity contribution in [2.75, 3.05) is 0 Å². The van der Waals surface area contributed by atoms with Gasteiger partial charge in [0, 0.05) is 12.5 Å². The molecule has 0 heterocycles. The molecule has 1 unspecified atom stereocenters. The first-order valence-corrected chi connectivity index (χ1v) is 4.99. The molecule has 0 aliphatic heterocycles. The number of nitro benzene ring substituents is 1. The van der Waals surface area contributed by atoms with Crippen molar-refractivity contribution in [3.8, 4) is 0 Å². The normalized spacial score (nSPS) is 11.9. The minimum atomic E-state index is -0.603. The van der Waals surface area contributed by atoms with Crippen LogP contribution in [0.15, 0.2) is 24.3 Å². The molecule has 1 aromatic rings. The van der Waals surface area contributed by atoms with E-state index in [9.17, 15) is 14.9 Å². The maximum Gasteiger partial charge on any atom is 0.306 e. The van der Waals surface area contributed by atoms with Crippen molar-refractivity contribution < 1.29 is 14.5 Å². The Kier molecular flexibility index (Phi) is 3.99. The van der Waals surface area contributed by atoms with Gasteiger partial charge in [0.15, 0.2) is 0 Å². The Hall–Kier alpha value is -1.91. The summed E-state index contributed by atoms with van der Waals surface area (Å²) < 4.78 is 5.03. The van der Waals surface area contributed by atoms with Crippen LogP contribution in [0.4, 0.5) is 5.69 Å². The van der Waals surface area contributed by atoms with Gasteiger partial charge in [-0.3, -0.25) is 14.9 Å². The zero-order chi connectivity index (χ0) is 12.1. The van der Waals surface area contributed by atoms with Gasteiger partial charge in [-0.1, -0.05) is 19.1 Å². The summed E-state index contributed by atoms with van der Waals surface area (Å²) in [7, 11) is 0. The third-order valence-corrected chi connectivity index (χ3v) is 2.17. The van der Waals surface area contributed by atoms with Crippen LogP contribution in [0, 0.1) is 10.1 Å². The molecule has 86 valence electrons. The highest BCUT2D eigenvalue weighted by Crippen LogP contribution is 2.26. The Bertz CT molecular complexity index is 403. The molecule has 5 nitrogen and oxygen atoms in total. The highest BCUT2D eigenvalue weighted by Gasteiger charge is 2.20. The van der Waals surface area contributed by atoms with Crippen LogP contribution >= 0.6 is 0 Å². The zero-order valence-corrected chi connectivity index (χ0v) is 9.17. The molecule has 0 aliphatic rings. The van der Waals surface area contributed by atoms with E-state index >= 15 is 0 Å². The minimum absolute atomic E-state index is 0.0288. The van der Waals surface area contributed by atoms with Crippen molar-refractivity contribution >= 4 is 11.7 Å². The van der Waals surface area contributed by atoms with Crippen molar-refractivity contribution in [3.05, 3.63) is 39.9 Å².